The molecule has 4 bridgehead atoms. The van der Waals surface area contributed by atoms with E-state index in [0.29, 0.717) is 37.0 Å². The Morgan fingerprint density at radius 1 is 0.947 bits per heavy atom. The monoisotopic (exact) mass is 274 g/mol. The number of alkyl halides is 3. The fourth-order valence-corrected chi connectivity index (χ4v) is 4.89. The highest BCUT2D eigenvalue weighted by atomic mass is 19.4. The van der Waals surface area contributed by atoms with Crippen molar-refractivity contribution in [1.29, 1.82) is 0 Å². The van der Waals surface area contributed by atoms with E-state index in [4.69, 9.17) is 0 Å². The lowest BCUT2D eigenvalue weighted by Crippen LogP contribution is -2.50. The molecule has 4 saturated carbocycles. The number of halogens is 3. The Labute approximate surface area is 109 Å². The van der Waals surface area contributed by atoms with Crippen molar-refractivity contribution in [2.75, 3.05) is 0 Å². The van der Waals surface area contributed by atoms with Crippen LogP contribution in [0.1, 0.15) is 44.9 Å². The van der Waals surface area contributed by atoms with E-state index in [1.165, 1.54) is 0 Å². The van der Waals surface area contributed by atoms with Crippen LogP contribution in [0, 0.1) is 23.2 Å². The van der Waals surface area contributed by atoms with Crippen molar-refractivity contribution in [3.63, 3.8) is 0 Å². The average Bonchev–Trinajstić information content (AvgIpc) is 2.25. The topological polar surface area (TPSA) is 34.1 Å². The zero-order valence-electron chi connectivity index (χ0n) is 10.6. The largest absolute Gasteiger partial charge is 0.450 e. The number of carbonyl (C=O) groups excluding carboxylic acids is 2. The summed E-state index contributed by atoms with van der Waals surface area (Å²) in [4.78, 5) is 23.3. The Morgan fingerprint density at radius 2 is 1.37 bits per heavy atom. The predicted octanol–water partition coefficient (Wildman–Crippen LogP) is 3.29. The molecule has 0 atom stereocenters. The molecule has 106 valence electrons. The Morgan fingerprint density at radius 3 is 1.74 bits per heavy atom. The molecular formula is C14H17F3O2. The standard InChI is InChI=1S/C14H17F3O2/c15-14(16,17)12(19)4-11(18)13-5-8-1-9(6-13)3-10(2-8)7-13/h8-10H,1-7H2. The summed E-state index contributed by atoms with van der Waals surface area (Å²) in [5.74, 6) is -0.842. The van der Waals surface area contributed by atoms with Crippen LogP contribution in [0.3, 0.4) is 0 Å². The number of hydrogen-bond donors (Lipinski definition) is 0. The van der Waals surface area contributed by atoms with Crippen LogP contribution >= 0.6 is 0 Å². The fraction of sp³-hybridized carbons (Fsp3) is 0.857. The van der Waals surface area contributed by atoms with Crippen LogP contribution in [0.5, 0.6) is 0 Å². The first-order valence-electron chi connectivity index (χ1n) is 6.92. The Kier molecular flexibility index (Phi) is 2.81. The molecule has 5 heteroatoms. The molecule has 0 aromatic carbocycles. The average molecular weight is 274 g/mol. The van der Waals surface area contributed by atoms with Gasteiger partial charge in [-0.05, 0) is 56.3 Å². The Hall–Kier alpha value is -0.870. The number of ketones is 2. The van der Waals surface area contributed by atoms with Crippen LogP contribution in [-0.2, 0) is 9.59 Å². The van der Waals surface area contributed by atoms with E-state index in [9.17, 15) is 22.8 Å². The maximum atomic E-state index is 12.3. The fourth-order valence-electron chi connectivity index (χ4n) is 4.89. The molecule has 2 nitrogen and oxygen atoms in total. The quantitative estimate of drug-likeness (QED) is 0.740. The van der Waals surface area contributed by atoms with Crippen molar-refractivity contribution >= 4 is 11.6 Å². The molecule has 4 aliphatic rings. The van der Waals surface area contributed by atoms with Crippen molar-refractivity contribution in [1.82, 2.24) is 0 Å². The molecule has 0 N–H and O–H groups in total. The Bertz CT molecular complexity index is 390. The smallest absolute Gasteiger partial charge is 0.299 e. The van der Waals surface area contributed by atoms with Crippen molar-refractivity contribution in [3.8, 4) is 0 Å². The van der Waals surface area contributed by atoms with Crippen molar-refractivity contribution in [3.05, 3.63) is 0 Å². The van der Waals surface area contributed by atoms with E-state index in [1.54, 1.807) is 0 Å². The third-order valence-electron chi connectivity index (χ3n) is 5.27. The van der Waals surface area contributed by atoms with Gasteiger partial charge in [-0.2, -0.15) is 13.2 Å². The number of Topliss-reactive ketones (excluding diaryl/α,β-unsaturated/α-hetero) is 2. The van der Waals surface area contributed by atoms with E-state index in [-0.39, 0.29) is 0 Å². The van der Waals surface area contributed by atoms with E-state index in [2.05, 4.69) is 0 Å². The minimum Gasteiger partial charge on any atom is -0.299 e. The number of rotatable bonds is 3. The van der Waals surface area contributed by atoms with Gasteiger partial charge in [-0.15, -0.1) is 0 Å². The summed E-state index contributed by atoms with van der Waals surface area (Å²) in [6, 6.07) is 0. The Balaban J connectivity index is 1.75. The van der Waals surface area contributed by atoms with Gasteiger partial charge in [0.05, 0.1) is 6.42 Å². The molecule has 0 heterocycles. The molecule has 4 rings (SSSR count). The maximum Gasteiger partial charge on any atom is 0.450 e. The van der Waals surface area contributed by atoms with Gasteiger partial charge in [-0.25, -0.2) is 0 Å². The summed E-state index contributed by atoms with van der Waals surface area (Å²) in [6.45, 7) is 0. The molecule has 0 aromatic heterocycles. The third kappa shape index (κ3) is 2.21. The lowest BCUT2D eigenvalue weighted by molar-refractivity contribution is -0.174. The van der Waals surface area contributed by atoms with E-state index in [1.807, 2.05) is 0 Å². The highest BCUT2D eigenvalue weighted by Gasteiger charge is 2.55. The molecule has 0 saturated heterocycles. The van der Waals surface area contributed by atoms with Gasteiger partial charge >= 0.3 is 6.18 Å². The van der Waals surface area contributed by atoms with Gasteiger partial charge in [0.1, 0.15) is 5.78 Å². The second-order valence-electron chi connectivity index (χ2n) is 6.72. The molecule has 0 radical (unpaired) electrons. The number of carbonyl (C=O) groups is 2. The first-order chi connectivity index (χ1) is 8.78. The first kappa shape index (κ1) is 13.1. The van der Waals surface area contributed by atoms with Gasteiger partial charge in [0.25, 0.3) is 0 Å². The van der Waals surface area contributed by atoms with Crippen molar-refractivity contribution in [2.24, 2.45) is 23.2 Å². The molecule has 4 aliphatic carbocycles. The van der Waals surface area contributed by atoms with Crippen molar-refractivity contribution < 1.29 is 22.8 Å². The van der Waals surface area contributed by atoms with Crippen LogP contribution in [0.25, 0.3) is 0 Å². The third-order valence-corrected chi connectivity index (χ3v) is 5.27. The molecule has 0 amide bonds. The second kappa shape index (κ2) is 4.06. The SMILES string of the molecule is O=C(CC(=O)C12CC3CC(CC(C3)C1)C2)C(F)(F)F. The summed E-state index contributed by atoms with van der Waals surface area (Å²) in [6.07, 6.45) is -0.318. The van der Waals surface area contributed by atoms with Gasteiger partial charge in [-0.3, -0.25) is 9.59 Å². The normalized spacial score (nSPS) is 40.5. The minimum absolute atomic E-state index is 0.450. The van der Waals surface area contributed by atoms with Crippen LogP contribution in [0.2, 0.25) is 0 Å². The zero-order chi connectivity index (χ0) is 13.8. The predicted molar refractivity (Wildman–Crippen MR) is 61.3 cm³/mol. The summed E-state index contributed by atoms with van der Waals surface area (Å²) < 4.78 is 36.8. The van der Waals surface area contributed by atoms with Gasteiger partial charge in [0.15, 0.2) is 0 Å². The minimum atomic E-state index is -4.88. The van der Waals surface area contributed by atoms with E-state index >= 15 is 0 Å². The maximum absolute atomic E-state index is 12.3. The van der Waals surface area contributed by atoms with Gasteiger partial charge in [0, 0.05) is 5.41 Å². The second-order valence-corrected chi connectivity index (χ2v) is 6.72. The van der Waals surface area contributed by atoms with Crippen LogP contribution < -0.4 is 0 Å². The molecule has 0 aliphatic heterocycles. The van der Waals surface area contributed by atoms with Crippen LogP contribution in [0.15, 0.2) is 0 Å². The molecule has 4 fully saturated rings. The van der Waals surface area contributed by atoms with Crippen LogP contribution in [-0.4, -0.2) is 17.7 Å². The highest BCUT2D eigenvalue weighted by molar-refractivity contribution is 6.04. The summed E-state index contributed by atoms with van der Waals surface area (Å²) in [5.41, 5.74) is -0.602. The lowest BCUT2D eigenvalue weighted by atomic mass is 9.48. The van der Waals surface area contributed by atoms with Crippen LogP contribution in [0.4, 0.5) is 13.2 Å². The van der Waals surface area contributed by atoms with E-state index in [0.717, 1.165) is 19.3 Å². The lowest BCUT2D eigenvalue weighted by Gasteiger charge is -2.56. The number of hydrogen-bond acceptors (Lipinski definition) is 2. The van der Waals surface area contributed by atoms with Gasteiger partial charge < -0.3 is 0 Å². The zero-order valence-corrected chi connectivity index (χ0v) is 10.6. The van der Waals surface area contributed by atoms with Gasteiger partial charge in [0.2, 0.25) is 5.78 Å². The summed E-state index contributed by atoms with van der Waals surface area (Å²) in [5, 5.41) is 0. The molecule has 0 spiro atoms. The molecule has 0 unspecified atom stereocenters. The first-order valence-corrected chi connectivity index (χ1v) is 6.92. The highest BCUT2D eigenvalue weighted by Crippen LogP contribution is 2.60. The molecule has 0 aromatic rings. The van der Waals surface area contributed by atoms with E-state index < -0.39 is 29.6 Å². The van der Waals surface area contributed by atoms with Gasteiger partial charge in [-0.1, -0.05) is 0 Å². The molecular weight excluding hydrogens is 257 g/mol. The molecule has 19 heavy (non-hydrogen) atoms. The summed E-state index contributed by atoms with van der Waals surface area (Å²) >= 11 is 0. The van der Waals surface area contributed by atoms with Crippen molar-refractivity contribution in [2.45, 2.75) is 51.1 Å². The summed E-state index contributed by atoms with van der Waals surface area (Å²) in [7, 11) is 0.